The van der Waals surface area contributed by atoms with Crippen molar-refractivity contribution in [1.29, 1.82) is 0 Å². The Morgan fingerprint density at radius 2 is 1.66 bits per heavy atom. The van der Waals surface area contributed by atoms with Crippen molar-refractivity contribution in [2.24, 2.45) is 5.92 Å². The number of para-hydroxylation sites is 3. The molecular formula is C38H35N3O6. The molecule has 4 aromatic rings. The standard InChI is InChI=1S/C38H35N3O6/c1-24(10-9-17-35(43)40-22-26-12-4-3-11-25(26)20-28(40)23-42)38(46)30-21-27(18-19-31(30)39(2)37(38)45)41-32-14-6-8-16-34(32)47-33-15-7-5-13-29(33)36(41)44/h3-16,18-19,21,24,28,42,46H,17,20,22-23H2,1-2H3/b10-9+/t24-,28-,38+/m0/s1. The summed E-state index contributed by atoms with van der Waals surface area (Å²) < 4.78 is 6.14. The average molecular weight is 630 g/mol. The molecule has 0 saturated carbocycles. The van der Waals surface area contributed by atoms with E-state index in [4.69, 9.17) is 4.74 Å². The van der Waals surface area contributed by atoms with E-state index in [1.54, 1.807) is 85.6 Å². The Hall–Kier alpha value is -5.25. The van der Waals surface area contributed by atoms with Gasteiger partial charge in [0.05, 0.1) is 29.6 Å². The third-order valence-corrected chi connectivity index (χ3v) is 9.55. The molecule has 0 bridgehead atoms. The minimum Gasteiger partial charge on any atom is -0.454 e. The van der Waals surface area contributed by atoms with E-state index in [1.807, 2.05) is 36.4 Å². The summed E-state index contributed by atoms with van der Waals surface area (Å²) in [6.07, 6.45) is 4.00. The summed E-state index contributed by atoms with van der Waals surface area (Å²) >= 11 is 0. The van der Waals surface area contributed by atoms with Gasteiger partial charge in [0.2, 0.25) is 5.91 Å². The molecule has 0 fully saturated rings. The highest BCUT2D eigenvalue weighted by Crippen LogP contribution is 2.48. The van der Waals surface area contributed by atoms with Gasteiger partial charge >= 0.3 is 0 Å². The molecule has 3 amide bonds. The van der Waals surface area contributed by atoms with E-state index in [-0.39, 0.29) is 30.9 Å². The highest BCUT2D eigenvalue weighted by Gasteiger charge is 2.52. The summed E-state index contributed by atoms with van der Waals surface area (Å²) in [5.74, 6) is -0.734. The minimum atomic E-state index is -1.94. The molecule has 3 aliphatic heterocycles. The first-order valence-electron chi connectivity index (χ1n) is 15.7. The maximum atomic E-state index is 14.0. The van der Waals surface area contributed by atoms with Crippen LogP contribution in [0.4, 0.5) is 17.1 Å². The van der Waals surface area contributed by atoms with Crippen LogP contribution in [-0.2, 0) is 28.2 Å². The molecule has 238 valence electrons. The van der Waals surface area contributed by atoms with E-state index in [1.165, 1.54) is 9.80 Å². The van der Waals surface area contributed by atoms with Gasteiger partial charge in [0.25, 0.3) is 11.8 Å². The smallest absolute Gasteiger partial charge is 0.266 e. The van der Waals surface area contributed by atoms with Gasteiger partial charge in [0.15, 0.2) is 11.4 Å². The fraction of sp³-hybridized carbons (Fsp3) is 0.237. The first kappa shape index (κ1) is 30.4. The lowest BCUT2D eigenvalue weighted by molar-refractivity contribution is -0.139. The van der Waals surface area contributed by atoms with Gasteiger partial charge in [-0.3, -0.25) is 19.3 Å². The predicted molar refractivity (Wildman–Crippen MR) is 178 cm³/mol. The quantitative estimate of drug-likeness (QED) is 0.274. The number of amides is 3. The Morgan fingerprint density at radius 1 is 0.957 bits per heavy atom. The Balaban J connectivity index is 1.18. The molecule has 9 nitrogen and oxygen atoms in total. The molecule has 7 rings (SSSR count). The van der Waals surface area contributed by atoms with Crippen molar-refractivity contribution in [3.05, 3.63) is 125 Å². The summed E-state index contributed by atoms with van der Waals surface area (Å²) in [4.78, 5) is 45.7. The number of carbonyl (C=O) groups excluding carboxylic acids is 3. The number of carbonyl (C=O) groups is 3. The van der Waals surface area contributed by atoms with Crippen molar-refractivity contribution >= 4 is 34.8 Å². The van der Waals surface area contributed by atoms with Crippen LogP contribution in [-0.4, -0.2) is 52.5 Å². The molecule has 2 N–H and O–H groups in total. The van der Waals surface area contributed by atoms with Crippen LogP contribution in [0.15, 0.2) is 103 Å². The molecule has 3 atom stereocenters. The molecule has 0 saturated heterocycles. The molecule has 0 spiro atoms. The maximum Gasteiger partial charge on any atom is 0.266 e. The van der Waals surface area contributed by atoms with E-state index < -0.39 is 17.4 Å². The number of hydrogen-bond acceptors (Lipinski definition) is 6. The summed E-state index contributed by atoms with van der Waals surface area (Å²) in [6.45, 7) is 2.01. The van der Waals surface area contributed by atoms with Crippen molar-refractivity contribution in [2.45, 2.75) is 38.0 Å². The van der Waals surface area contributed by atoms with Gasteiger partial charge in [-0.15, -0.1) is 0 Å². The van der Waals surface area contributed by atoms with Crippen molar-refractivity contribution in [3.8, 4) is 11.5 Å². The fourth-order valence-electron chi connectivity index (χ4n) is 6.92. The van der Waals surface area contributed by atoms with Gasteiger partial charge in [0, 0.05) is 37.2 Å². The zero-order valence-corrected chi connectivity index (χ0v) is 26.2. The van der Waals surface area contributed by atoms with Crippen molar-refractivity contribution < 1.29 is 29.3 Å². The van der Waals surface area contributed by atoms with Crippen LogP contribution in [0.2, 0.25) is 0 Å². The lowest BCUT2D eigenvalue weighted by Crippen LogP contribution is -2.46. The van der Waals surface area contributed by atoms with Crippen LogP contribution in [0.5, 0.6) is 11.5 Å². The van der Waals surface area contributed by atoms with Crippen LogP contribution in [0.25, 0.3) is 0 Å². The van der Waals surface area contributed by atoms with Gasteiger partial charge in [-0.05, 0) is 60.0 Å². The SMILES string of the molecule is C[C@@H](/C=C/CC(=O)N1Cc2ccccc2C[C@H]1CO)[C@]1(O)C(=O)N(C)c2ccc(N3C(=O)c4ccccc4Oc4ccccc43)cc21. The predicted octanol–water partition coefficient (Wildman–Crippen LogP) is 5.46. The van der Waals surface area contributed by atoms with Gasteiger partial charge in [-0.2, -0.15) is 0 Å². The monoisotopic (exact) mass is 629 g/mol. The molecule has 0 radical (unpaired) electrons. The third-order valence-electron chi connectivity index (χ3n) is 9.55. The zero-order valence-electron chi connectivity index (χ0n) is 26.2. The van der Waals surface area contributed by atoms with Crippen LogP contribution in [0.1, 0.15) is 40.4 Å². The topological polar surface area (TPSA) is 111 Å². The van der Waals surface area contributed by atoms with Crippen LogP contribution in [0, 0.1) is 5.92 Å². The number of anilines is 3. The van der Waals surface area contributed by atoms with E-state index in [2.05, 4.69) is 0 Å². The Labute approximate surface area is 272 Å². The molecule has 47 heavy (non-hydrogen) atoms. The number of hydrogen-bond donors (Lipinski definition) is 2. The number of benzene rings is 4. The maximum absolute atomic E-state index is 14.0. The molecule has 0 aliphatic carbocycles. The molecule has 3 heterocycles. The van der Waals surface area contributed by atoms with Gasteiger partial charge in [-0.25, -0.2) is 0 Å². The van der Waals surface area contributed by atoms with E-state index in [0.29, 0.717) is 52.7 Å². The van der Waals surface area contributed by atoms with Crippen LogP contribution < -0.4 is 14.5 Å². The molecule has 4 aromatic carbocycles. The average Bonchev–Trinajstić information content (AvgIpc) is 3.20. The first-order chi connectivity index (χ1) is 22.7. The summed E-state index contributed by atoms with van der Waals surface area (Å²) in [5, 5.41) is 22.2. The number of ether oxygens (including phenoxy) is 1. The lowest BCUT2D eigenvalue weighted by atomic mass is 9.82. The lowest BCUT2D eigenvalue weighted by Gasteiger charge is -2.36. The molecule has 3 aliphatic rings. The number of nitrogens with zero attached hydrogens (tertiary/aromatic N) is 3. The Bertz CT molecular complexity index is 1940. The number of likely N-dealkylation sites (N-methyl/N-ethyl adjacent to an activating group) is 1. The van der Waals surface area contributed by atoms with E-state index in [9.17, 15) is 24.6 Å². The normalized spacial score (nSPS) is 20.7. The van der Waals surface area contributed by atoms with Crippen LogP contribution in [0.3, 0.4) is 0 Å². The van der Waals surface area contributed by atoms with Crippen molar-refractivity contribution in [2.75, 3.05) is 23.5 Å². The number of rotatable bonds is 6. The zero-order chi connectivity index (χ0) is 32.9. The Morgan fingerprint density at radius 3 is 2.45 bits per heavy atom. The number of fused-ring (bicyclic) bond motifs is 4. The first-order valence-corrected chi connectivity index (χ1v) is 15.7. The van der Waals surface area contributed by atoms with Gasteiger partial charge < -0.3 is 24.7 Å². The number of aliphatic hydroxyl groups is 2. The Kier molecular flexibility index (Phi) is 7.66. The second-order valence-electron chi connectivity index (χ2n) is 12.3. The summed E-state index contributed by atoms with van der Waals surface area (Å²) in [5.41, 5.74) is 2.52. The highest BCUT2D eigenvalue weighted by molar-refractivity contribution is 6.15. The third kappa shape index (κ3) is 4.99. The number of aliphatic hydroxyl groups excluding tert-OH is 1. The second kappa shape index (κ2) is 11.8. The van der Waals surface area contributed by atoms with Crippen LogP contribution >= 0.6 is 0 Å². The minimum absolute atomic E-state index is 0.0501. The van der Waals surface area contributed by atoms with E-state index in [0.717, 1.165) is 11.1 Å². The van der Waals surface area contributed by atoms with Gasteiger partial charge in [-0.1, -0.05) is 67.6 Å². The van der Waals surface area contributed by atoms with Crippen molar-refractivity contribution in [3.63, 3.8) is 0 Å². The molecule has 0 aromatic heterocycles. The molecule has 9 heteroatoms. The fourth-order valence-corrected chi connectivity index (χ4v) is 6.92. The van der Waals surface area contributed by atoms with E-state index >= 15 is 0 Å². The van der Waals surface area contributed by atoms with Gasteiger partial charge in [0.1, 0.15) is 5.75 Å². The highest BCUT2D eigenvalue weighted by atomic mass is 16.5. The largest absolute Gasteiger partial charge is 0.454 e. The molecular weight excluding hydrogens is 594 g/mol. The second-order valence-corrected chi connectivity index (χ2v) is 12.3. The summed E-state index contributed by atoms with van der Waals surface area (Å²) in [6, 6.07) is 27.0. The summed E-state index contributed by atoms with van der Waals surface area (Å²) in [7, 11) is 1.61. The molecule has 0 unspecified atom stereocenters. The van der Waals surface area contributed by atoms with Crippen molar-refractivity contribution in [1.82, 2.24) is 4.90 Å².